The van der Waals surface area contributed by atoms with Gasteiger partial charge >= 0.3 is 0 Å². The van der Waals surface area contributed by atoms with Crippen molar-refractivity contribution in [2.45, 2.75) is 65.1 Å². The van der Waals surface area contributed by atoms with Gasteiger partial charge in [0.15, 0.2) is 0 Å². The molecule has 4 rings (SSSR count). The minimum atomic E-state index is -0.211. The summed E-state index contributed by atoms with van der Waals surface area (Å²) in [5.41, 5.74) is 5.34. The van der Waals surface area contributed by atoms with E-state index in [0.29, 0.717) is 0 Å². The number of hydrogen-bond acceptors (Lipinski definition) is 2. The van der Waals surface area contributed by atoms with Crippen molar-refractivity contribution < 1.29 is 4.42 Å². The average Bonchev–Trinajstić information content (AvgIpc) is 3.04. The molecule has 3 aromatic rings. The first-order chi connectivity index (χ1) is 12.6. The summed E-state index contributed by atoms with van der Waals surface area (Å²) in [4.78, 5) is 4.64. The lowest BCUT2D eigenvalue weighted by Crippen LogP contribution is -2.29. The molecule has 0 aliphatic heterocycles. The van der Waals surface area contributed by atoms with Crippen LogP contribution < -0.4 is 0 Å². The van der Waals surface area contributed by atoms with Crippen LogP contribution in [-0.4, -0.2) is 12.8 Å². The highest BCUT2D eigenvalue weighted by molar-refractivity contribution is 6.16. The van der Waals surface area contributed by atoms with Gasteiger partial charge in [0.05, 0.1) is 13.5 Å². The van der Waals surface area contributed by atoms with Crippen LogP contribution in [0.5, 0.6) is 0 Å². The number of aryl methyl sites for hydroxylation is 2. The minimum Gasteiger partial charge on any atom is -0.461 e. The Kier molecular flexibility index (Phi) is 5.55. The maximum atomic E-state index is 6.73. The Morgan fingerprint density at radius 2 is 1.73 bits per heavy atom. The molecular weight excluding hydrogens is 317 g/mol. The van der Waals surface area contributed by atoms with Gasteiger partial charge in [-0.05, 0) is 48.5 Å². The van der Waals surface area contributed by atoms with E-state index in [1.807, 2.05) is 27.0 Å². The molecule has 26 heavy (non-hydrogen) atoms. The van der Waals surface area contributed by atoms with Gasteiger partial charge in [-0.3, -0.25) is 4.98 Å². The summed E-state index contributed by atoms with van der Waals surface area (Å²) in [6, 6.07) is 10.6. The zero-order chi connectivity index (χ0) is 18.7. The predicted molar refractivity (Wildman–Crippen MR) is 111 cm³/mol. The quantitative estimate of drug-likeness (QED) is 0.498. The lowest BCUT2D eigenvalue weighted by atomic mass is 9.57. The van der Waals surface area contributed by atoms with E-state index in [-0.39, 0.29) is 5.31 Å². The van der Waals surface area contributed by atoms with E-state index < -0.39 is 0 Å². The Bertz CT molecular complexity index is 890. The van der Waals surface area contributed by atoms with Crippen molar-refractivity contribution in [2.24, 2.45) is 0 Å². The summed E-state index contributed by atoms with van der Waals surface area (Å²) < 4.78 is 5.97. The van der Waals surface area contributed by atoms with Crippen molar-refractivity contribution >= 4 is 18.8 Å². The maximum Gasteiger partial charge on any atom is 0.143 e. The second-order valence-electron chi connectivity index (χ2n) is 7.18. The van der Waals surface area contributed by atoms with Crippen LogP contribution in [0.25, 0.3) is 22.2 Å². The van der Waals surface area contributed by atoms with Crippen molar-refractivity contribution in [2.75, 3.05) is 0 Å². The highest BCUT2D eigenvalue weighted by Gasteiger charge is 2.28. The lowest BCUT2D eigenvalue weighted by molar-refractivity contribution is 0.398. The van der Waals surface area contributed by atoms with Gasteiger partial charge < -0.3 is 4.42 Å². The van der Waals surface area contributed by atoms with Crippen molar-refractivity contribution in [1.82, 2.24) is 4.98 Å². The molecule has 1 aromatic carbocycles. The summed E-state index contributed by atoms with van der Waals surface area (Å²) in [6.45, 7) is 8.10. The van der Waals surface area contributed by atoms with Crippen LogP contribution in [0.1, 0.15) is 62.8 Å². The highest BCUT2D eigenvalue weighted by atomic mass is 16.3. The van der Waals surface area contributed by atoms with Gasteiger partial charge in [0, 0.05) is 17.1 Å². The number of fused-ring (bicyclic) bond motifs is 1. The zero-order valence-corrected chi connectivity index (χ0v) is 16.4. The molecule has 2 aromatic heterocycles. The molecule has 3 heteroatoms. The first-order valence-corrected chi connectivity index (χ1v) is 9.82. The highest BCUT2D eigenvalue weighted by Crippen LogP contribution is 2.39. The van der Waals surface area contributed by atoms with E-state index in [0.717, 1.165) is 40.8 Å². The zero-order valence-electron chi connectivity index (χ0n) is 16.4. The van der Waals surface area contributed by atoms with Gasteiger partial charge in [0.1, 0.15) is 11.3 Å². The molecule has 1 saturated carbocycles. The third-order valence-corrected chi connectivity index (χ3v) is 5.36. The Morgan fingerprint density at radius 1 is 1.00 bits per heavy atom. The minimum absolute atomic E-state index is 0.211. The van der Waals surface area contributed by atoms with Crippen molar-refractivity contribution in [3.63, 3.8) is 0 Å². The molecule has 2 nitrogen and oxygen atoms in total. The molecule has 0 amide bonds. The molecule has 134 valence electrons. The predicted octanol–water partition coefficient (Wildman–Crippen LogP) is 6.47. The van der Waals surface area contributed by atoms with Gasteiger partial charge in [-0.15, -0.1) is 0 Å². The summed E-state index contributed by atoms with van der Waals surface area (Å²) >= 11 is 0. The maximum absolute atomic E-state index is 6.73. The van der Waals surface area contributed by atoms with Crippen molar-refractivity contribution in [3.05, 3.63) is 53.4 Å². The molecule has 0 unspecified atom stereocenters. The summed E-state index contributed by atoms with van der Waals surface area (Å²) in [5.74, 6) is 0.926. The SMILES string of the molecule is CC.[B]C1(c2ccnc(-c3c(C)ccc4cc(C)oc34)c2)CCCCC1. The van der Waals surface area contributed by atoms with E-state index in [1.54, 1.807) is 0 Å². The normalized spacial score (nSPS) is 16.2. The van der Waals surface area contributed by atoms with E-state index in [4.69, 9.17) is 12.3 Å². The number of hydrogen-bond donors (Lipinski definition) is 0. The molecule has 0 spiro atoms. The van der Waals surface area contributed by atoms with Crippen LogP contribution in [-0.2, 0) is 5.31 Å². The molecule has 1 aliphatic rings. The van der Waals surface area contributed by atoms with Gasteiger partial charge in [0.25, 0.3) is 0 Å². The fraction of sp³-hybridized carbons (Fsp3) is 0.435. The third-order valence-electron chi connectivity index (χ3n) is 5.36. The Labute approximate surface area is 158 Å². The molecule has 0 saturated heterocycles. The fourth-order valence-electron chi connectivity index (χ4n) is 4.00. The van der Waals surface area contributed by atoms with Crippen LogP contribution in [0, 0.1) is 13.8 Å². The summed E-state index contributed by atoms with van der Waals surface area (Å²) in [5, 5.41) is 0.914. The molecule has 2 heterocycles. The Morgan fingerprint density at radius 3 is 2.46 bits per heavy atom. The van der Waals surface area contributed by atoms with Crippen molar-refractivity contribution in [3.8, 4) is 11.3 Å². The molecule has 0 N–H and O–H groups in total. The average molecular weight is 345 g/mol. The Balaban J connectivity index is 0.000000948. The second-order valence-corrected chi connectivity index (χ2v) is 7.18. The monoisotopic (exact) mass is 345 g/mol. The molecule has 0 bridgehead atoms. The standard InChI is InChI=1S/C21H22BNO.C2H6/c1-14-6-7-16-12-15(2)24-20(16)19(14)18-13-17(8-11-23-18)21(22)9-4-3-5-10-21;1-2/h6-8,11-13H,3-5,9-10H2,1-2H3;1-2H3. The van der Waals surface area contributed by atoms with Crippen LogP contribution in [0.3, 0.4) is 0 Å². The van der Waals surface area contributed by atoms with Crippen LogP contribution in [0.15, 0.2) is 40.9 Å². The van der Waals surface area contributed by atoms with Gasteiger partial charge in [0.2, 0.25) is 0 Å². The van der Waals surface area contributed by atoms with Gasteiger partial charge in [-0.1, -0.05) is 58.1 Å². The molecule has 1 fully saturated rings. The first-order valence-electron chi connectivity index (χ1n) is 9.82. The topological polar surface area (TPSA) is 26.0 Å². The fourth-order valence-corrected chi connectivity index (χ4v) is 4.00. The van der Waals surface area contributed by atoms with Gasteiger partial charge in [-0.25, -0.2) is 0 Å². The molecule has 0 atom stereocenters. The summed E-state index contributed by atoms with van der Waals surface area (Å²) in [6.07, 6.45) is 7.71. The molecular formula is C23H28BNO. The smallest absolute Gasteiger partial charge is 0.143 e. The number of rotatable bonds is 2. The third kappa shape index (κ3) is 3.44. The number of furan rings is 1. The van der Waals surface area contributed by atoms with E-state index in [9.17, 15) is 0 Å². The number of pyridine rings is 1. The van der Waals surface area contributed by atoms with Gasteiger partial charge in [-0.2, -0.15) is 0 Å². The largest absolute Gasteiger partial charge is 0.461 e. The first kappa shape index (κ1) is 18.8. The van der Waals surface area contributed by atoms with E-state index in [2.05, 4.69) is 42.2 Å². The van der Waals surface area contributed by atoms with Crippen LogP contribution in [0.2, 0.25) is 0 Å². The molecule has 2 radical (unpaired) electrons. The number of aromatic nitrogens is 1. The van der Waals surface area contributed by atoms with E-state index in [1.165, 1.54) is 30.4 Å². The number of nitrogens with zero attached hydrogens (tertiary/aromatic N) is 1. The lowest BCUT2D eigenvalue weighted by Gasteiger charge is -2.35. The Hall–Kier alpha value is -2.03. The van der Waals surface area contributed by atoms with Crippen LogP contribution >= 0.6 is 0 Å². The number of benzene rings is 1. The second kappa shape index (κ2) is 7.69. The summed E-state index contributed by atoms with van der Waals surface area (Å²) in [7, 11) is 6.73. The molecule has 1 aliphatic carbocycles. The van der Waals surface area contributed by atoms with E-state index >= 15 is 0 Å². The van der Waals surface area contributed by atoms with Crippen molar-refractivity contribution in [1.29, 1.82) is 0 Å². The van der Waals surface area contributed by atoms with Crippen LogP contribution in [0.4, 0.5) is 0 Å².